The number of rotatable bonds is 11. The highest BCUT2D eigenvalue weighted by Gasteiger charge is 2.41. The molecule has 3 rings (SSSR count). The molecule has 1 aromatic heterocycles. The molecule has 2 unspecified atom stereocenters. The minimum atomic E-state index is -0.508. The predicted molar refractivity (Wildman–Crippen MR) is 146 cm³/mol. The number of carbonyl (C=O) groups is 2. The van der Waals surface area contributed by atoms with Gasteiger partial charge in [0.25, 0.3) is 0 Å². The van der Waals surface area contributed by atoms with Crippen molar-refractivity contribution in [3.63, 3.8) is 0 Å². The van der Waals surface area contributed by atoms with Crippen LogP contribution in [-0.4, -0.2) is 21.2 Å². The number of nitrogens with zero attached hydrogens (tertiary/aromatic N) is 2. The van der Waals surface area contributed by atoms with E-state index in [0.29, 0.717) is 49.8 Å². The molecule has 0 radical (unpaired) electrons. The minimum absolute atomic E-state index is 0.123. The van der Waals surface area contributed by atoms with E-state index in [2.05, 4.69) is 9.59 Å². The van der Waals surface area contributed by atoms with E-state index in [0.717, 1.165) is 17.7 Å². The fraction of sp³-hybridized carbons (Fsp3) is 0.385. The highest BCUT2D eigenvalue weighted by atomic mass is 35.5. The zero-order chi connectivity index (χ0) is 25.7. The lowest BCUT2D eigenvalue weighted by Crippen LogP contribution is -2.33. The third kappa shape index (κ3) is 6.44. The molecule has 4 nitrogen and oxygen atoms in total. The number of hydrogen-bond donors (Lipinski definition) is 0. The molecule has 2 atom stereocenters. The van der Waals surface area contributed by atoms with E-state index in [9.17, 15) is 9.59 Å². The second-order valence-electron chi connectivity index (χ2n) is 8.52. The first-order chi connectivity index (χ1) is 16.7. The predicted octanol–water partition coefficient (Wildman–Crippen LogP) is 9.14. The number of hydrogen-bond acceptors (Lipinski definition) is 5. The maximum Gasteiger partial charge on any atom is 0.168 e. The Hall–Kier alpha value is -1.50. The monoisotopic (exact) mass is 570 g/mol. The molecule has 0 saturated carbocycles. The second kappa shape index (κ2) is 12.6. The lowest BCUT2D eigenvalue weighted by Gasteiger charge is -2.32. The molecule has 9 heteroatoms. The minimum Gasteiger partial charge on any atom is -0.294 e. The maximum atomic E-state index is 14.0. The smallest absolute Gasteiger partial charge is 0.168 e. The fourth-order valence-electron chi connectivity index (χ4n) is 4.54. The number of aromatic nitrogens is 2. The van der Waals surface area contributed by atoms with E-state index in [1.54, 1.807) is 36.4 Å². The number of aryl methyl sites for hydroxylation is 1. The van der Waals surface area contributed by atoms with E-state index in [1.807, 2.05) is 20.8 Å². The molecular formula is C26H26Cl4N2O2S. The van der Waals surface area contributed by atoms with Gasteiger partial charge in [-0.3, -0.25) is 9.59 Å². The van der Waals surface area contributed by atoms with Crippen molar-refractivity contribution in [2.45, 2.75) is 52.4 Å². The van der Waals surface area contributed by atoms with Gasteiger partial charge in [-0.05, 0) is 67.7 Å². The van der Waals surface area contributed by atoms with E-state index in [1.165, 1.54) is 11.5 Å². The van der Waals surface area contributed by atoms with Gasteiger partial charge in [-0.15, -0.1) is 5.10 Å². The first-order valence-corrected chi connectivity index (χ1v) is 13.7. The van der Waals surface area contributed by atoms with E-state index < -0.39 is 17.8 Å². The summed E-state index contributed by atoms with van der Waals surface area (Å²) in [6.45, 7) is 5.90. The van der Waals surface area contributed by atoms with Gasteiger partial charge in [0.2, 0.25) is 0 Å². The Bertz CT molecular complexity index is 1140. The van der Waals surface area contributed by atoms with Crippen LogP contribution in [0.25, 0.3) is 0 Å². The Kier molecular flexibility index (Phi) is 10.1. The average molecular weight is 572 g/mol. The summed E-state index contributed by atoms with van der Waals surface area (Å²) in [7, 11) is 0. The second-order valence-corrected chi connectivity index (χ2v) is 11.0. The van der Waals surface area contributed by atoms with Crippen molar-refractivity contribution >= 4 is 69.5 Å². The Morgan fingerprint density at radius 3 is 1.63 bits per heavy atom. The van der Waals surface area contributed by atoms with Gasteiger partial charge in [-0.1, -0.05) is 77.6 Å². The standard InChI is InChI=1S/C26H26Cl4N2O2S/c1-4-6-19(24(33)17-10-8-15(27)12-21(17)29)23(26-14(3)31-32-35-26)20(7-5-2)25(34)18-11-9-16(28)13-22(18)30/h8-13,19-20,23H,4-7H2,1-3H3. The van der Waals surface area contributed by atoms with Crippen molar-refractivity contribution in [1.82, 2.24) is 9.59 Å². The van der Waals surface area contributed by atoms with Gasteiger partial charge in [0.05, 0.1) is 20.6 Å². The SMILES string of the molecule is CCCC(C(=O)c1ccc(Cl)cc1Cl)C(c1snnc1C)C(CCC)C(=O)c1ccc(Cl)cc1Cl. The quantitative estimate of drug-likeness (QED) is 0.215. The highest BCUT2D eigenvalue weighted by Crippen LogP contribution is 2.44. The third-order valence-corrected chi connectivity index (χ3v) is 8.15. The van der Waals surface area contributed by atoms with Gasteiger partial charge in [0.15, 0.2) is 11.6 Å². The Morgan fingerprint density at radius 2 is 1.29 bits per heavy atom. The van der Waals surface area contributed by atoms with Crippen LogP contribution in [0.2, 0.25) is 20.1 Å². The van der Waals surface area contributed by atoms with Crippen molar-refractivity contribution in [2.24, 2.45) is 11.8 Å². The Balaban J connectivity index is 2.17. The molecule has 186 valence electrons. The van der Waals surface area contributed by atoms with Gasteiger partial charge < -0.3 is 0 Å². The molecule has 0 aliphatic carbocycles. The van der Waals surface area contributed by atoms with E-state index in [4.69, 9.17) is 46.4 Å². The van der Waals surface area contributed by atoms with Crippen LogP contribution in [-0.2, 0) is 0 Å². The molecule has 0 N–H and O–H groups in total. The largest absolute Gasteiger partial charge is 0.294 e. The van der Waals surface area contributed by atoms with Crippen molar-refractivity contribution < 1.29 is 9.59 Å². The van der Waals surface area contributed by atoms with Gasteiger partial charge >= 0.3 is 0 Å². The summed E-state index contributed by atoms with van der Waals surface area (Å²) in [5.41, 5.74) is 1.50. The van der Waals surface area contributed by atoms with Gasteiger partial charge in [-0.2, -0.15) is 0 Å². The summed E-state index contributed by atoms with van der Waals surface area (Å²) in [6, 6.07) is 9.74. The van der Waals surface area contributed by atoms with Crippen LogP contribution >= 0.6 is 57.9 Å². The molecule has 0 amide bonds. The summed E-state index contributed by atoms with van der Waals surface area (Å²) in [5.74, 6) is -1.70. The van der Waals surface area contributed by atoms with Crippen molar-refractivity contribution in [2.75, 3.05) is 0 Å². The Labute approximate surface area is 230 Å². The van der Waals surface area contributed by atoms with Crippen molar-refractivity contribution in [3.05, 3.63) is 78.2 Å². The third-order valence-electron chi connectivity index (χ3n) is 6.12. The summed E-state index contributed by atoms with van der Waals surface area (Å²) < 4.78 is 4.13. The first-order valence-electron chi connectivity index (χ1n) is 11.5. The average Bonchev–Trinajstić information content (AvgIpc) is 3.22. The topological polar surface area (TPSA) is 59.9 Å². The lowest BCUT2D eigenvalue weighted by molar-refractivity contribution is 0.0799. The number of Topliss-reactive ketones (excluding diaryl/α,β-unsaturated/α-hetero) is 2. The van der Waals surface area contributed by atoms with Crippen molar-refractivity contribution in [3.8, 4) is 0 Å². The number of carbonyl (C=O) groups excluding carboxylic acids is 2. The van der Waals surface area contributed by atoms with Gasteiger partial charge in [0.1, 0.15) is 0 Å². The Morgan fingerprint density at radius 1 is 0.829 bits per heavy atom. The van der Waals surface area contributed by atoms with Crippen LogP contribution < -0.4 is 0 Å². The number of halogens is 4. The lowest BCUT2D eigenvalue weighted by atomic mass is 9.70. The molecule has 3 aromatic rings. The highest BCUT2D eigenvalue weighted by molar-refractivity contribution is 7.05. The fourth-order valence-corrected chi connectivity index (χ4v) is 6.41. The zero-order valence-corrected chi connectivity index (χ0v) is 23.5. The number of ketones is 2. The summed E-state index contributed by atoms with van der Waals surface area (Å²) in [5, 5.41) is 5.69. The molecule has 35 heavy (non-hydrogen) atoms. The van der Waals surface area contributed by atoms with Crippen LogP contribution in [0.15, 0.2) is 36.4 Å². The summed E-state index contributed by atoms with van der Waals surface area (Å²) in [4.78, 5) is 28.8. The molecule has 0 aliphatic heterocycles. The molecule has 0 fully saturated rings. The molecule has 0 saturated heterocycles. The summed E-state index contributed by atoms with van der Waals surface area (Å²) in [6.07, 6.45) is 2.64. The summed E-state index contributed by atoms with van der Waals surface area (Å²) >= 11 is 26.3. The molecule has 0 bridgehead atoms. The molecule has 0 aliphatic rings. The molecule has 1 heterocycles. The normalized spacial score (nSPS) is 13.9. The van der Waals surface area contributed by atoms with E-state index >= 15 is 0 Å². The van der Waals surface area contributed by atoms with Gasteiger partial charge in [-0.25, -0.2) is 0 Å². The molecular weight excluding hydrogens is 546 g/mol. The van der Waals surface area contributed by atoms with Crippen LogP contribution in [0, 0.1) is 18.8 Å². The van der Waals surface area contributed by atoms with E-state index in [-0.39, 0.29) is 11.6 Å². The van der Waals surface area contributed by atoms with Crippen LogP contribution in [0.4, 0.5) is 0 Å². The molecule has 2 aromatic carbocycles. The number of benzene rings is 2. The van der Waals surface area contributed by atoms with Crippen molar-refractivity contribution in [1.29, 1.82) is 0 Å². The van der Waals surface area contributed by atoms with Crippen LogP contribution in [0.1, 0.15) is 76.7 Å². The van der Waals surface area contributed by atoms with Crippen LogP contribution in [0.5, 0.6) is 0 Å². The first kappa shape index (κ1) is 28.1. The zero-order valence-electron chi connectivity index (χ0n) is 19.7. The van der Waals surface area contributed by atoms with Gasteiger partial charge in [0, 0.05) is 38.9 Å². The van der Waals surface area contributed by atoms with Crippen LogP contribution in [0.3, 0.4) is 0 Å². The molecule has 0 spiro atoms. The maximum absolute atomic E-state index is 14.0.